The van der Waals surface area contributed by atoms with Crippen molar-refractivity contribution < 1.29 is 13.2 Å². The number of carbonyl (C=O) groups is 1. The molecule has 1 amide bonds. The number of anilines is 1. The van der Waals surface area contributed by atoms with Crippen molar-refractivity contribution in [2.45, 2.75) is 57.4 Å². The van der Waals surface area contributed by atoms with Gasteiger partial charge in [-0.05, 0) is 39.0 Å². The van der Waals surface area contributed by atoms with Crippen molar-refractivity contribution in [1.82, 2.24) is 9.71 Å². The van der Waals surface area contributed by atoms with Gasteiger partial charge in [0.2, 0.25) is 10.0 Å². The molecule has 0 aliphatic heterocycles. The number of nitrogens with one attached hydrogen (secondary N) is 2. The van der Waals surface area contributed by atoms with Crippen LogP contribution < -0.4 is 10.0 Å². The minimum atomic E-state index is -3.67. The second-order valence-electron chi connectivity index (χ2n) is 8.12. The van der Waals surface area contributed by atoms with Gasteiger partial charge in [-0.15, -0.1) is 11.3 Å². The van der Waals surface area contributed by atoms with Crippen LogP contribution in [0.3, 0.4) is 0 Å². The number of rotatable bonds is 4. The lowest BCUT2D eigenvalue weighted by Crippen LogP contribution is -2.40. The van der Waals surface area contributed by atoms with Crippen molar-refractivity contribution in [3.8, 4) is 0 Å². The number of thiazole rings is 1. The van der Waals surface area contributed by atoms with E-state index in [-0.39, 0.29) is 16.2 Å². The Morgan fingerprint density at radius 3 is 2.31 bits per heavy atom. The molecule has 0 saturated carbocycles. The van der Waals surface area contributed by atoms with Gasteiger partial charge in [0.05, 0.1) is 16.1 Å². The van der Waals surface area contributed by atoms with E-state index < -0.39 is 15.6 Å². The molecule has 142 valence electrons. The number of nitrogens with zero attached hydrogens (tertiary/aromatic N) is 1. The third kappa shape index (κ3) is 5.36. The fourth-order valence-electron chi connectivity index (χ4n) is 2.12. The lowest BCUT2D eigenvalue weighted by atomic mass is 9.98. The number of amides is 1. The Kier molecular flexibility index (Phi) is 5.60. The second-order valence-corrected chi connectivity index (χ2v) is 10.8. The molecule has 26 heavy (non-hydrogen) atoms. The predicted octanol–water partition coefficient (Wildman–Crippen LogP) is 3.77. The van der Waals surface area contributed by atoms with Gasteiger partial charge in [0, 0.05) is 16.6 Å². The second kappa shape index (κ2) is 7.09. The SMILES string of the molecule is CC(C)(C)NS(=O)(=O)c1cccc(NC(=O)c2cnc(C(C)(C)C)s2)c1. The van der Waals surface area contributed by atoms with E-state index in [4.69, 9.17) is 0 Å². The van der Waals surface area contributed by atoms with Crippen LogP contribution in [-0.4, -0.2) is 24.8 Å². The molecule has 1 heterocycles. The van der Waals surface area contributed by atoms with Crippen LogP contribution in [0.2, 0.25) is 0 Å². The van der Waals surface area contributed by atoms with E-state index in [0.29, 0.717) is 10.6 Å². The first-order valence-electron chi connectivity index (χ1n) is 8.20. The maximum atomic E-state index is 12.4. The molecule has 0 aliphatic rings. The van der Waals surface area contributed by atoms with Gasteiger partial charge in [0.15, 0.2) is 0 Å². The summed E-state index contributed by atoms with van der Waals surface area (Å²) in [5.41, 5.74) is -0.308. The van der Waals surface area contributed by atoms with Gasteiger partial charge >= 0.3 is 0 Å². The number of carbonyl (C=O) groups excluding carboxylic acids is 1. The Morgan fingerprint density at radius 2 is 1.77 bits per heavy atom. The summed E-state index contributed by atoms with van der Waals surface area (Å²) in [6.45, 7) is 11.4. The molecule has 2 aromatic rings. The van der Waals surface area contributed by atoms with E-state index in [2.05, 4.69) is 15.0 Å². The van der Waals surface area contributed by atoms with Crippen molar-refractivity contribution in [2.75, 3.05) is 5.32 Å². The Balaban J connectivity index is 2.21. The third-order valence-corrected chi connectivity index (χ3v) is 6.39. The zero-order valence-electron chi connectivity index (χ0n) is 15.9. The van der Waals surface area contributed by atoms with Gasteiger partial charge in [-0.3, -0.25) is 4.79 Å². The zero-order valence-corrected chi connectivity index (χ0v) is 17.5. The number of sulfonamides is 1. The number of hydrogen-bond acceptors (Lipinski definition) is 5. The smallest absolute Gasteiger partial charge is 0.267 e. The molecule has 6 nitrogen and oxygen atoms in total. The monoisotopic (exact) mass is 395 g/mol. The highest BCUT2D eigenvalue weighted by Gasteiger charge is 2.23. The van der Waals surface area contributed by atoms with Crippen LogP contribution in [0, 0.1) is 0 Å². The average Bonchev–Trinajstić information content (AvgIpc) is 2.95. The minimum Gasteiger partial charge on any atom is -0.321 e. The quantitative estimate of drug-likeness (QED) is 0.825. The Hall–Kier alpha value is -1.77. The van der Waals surface area contributed by atoms with E-state index in [0.717, 1.165) is 5.01 Å². The summed E-state index contributed by atoms with van der Waals surface area (Å²) >= 11 is 1.33. The van der Waals surface area contributed by atoms with E-state index in [1.807, 2.05) is 20.8 Å². The molecule has 0 saturated heterocycles. The van der Waals surface area contributed by atoms with Gasteiger partial charge in [-0.2, -0.15) is 0 Å². The normalized spacial score (nSPS) is 12.8. The third-order valence-electron chi connectivity index (χ3n) is 3.21. The number of benzene rings is 1. The summed E-state index contributed by atoms with van der Waals surface area (Å²) in [4.78, 5) is 17.3. The predicted molar refractivity (Wildman–Crippen MR) is 105 cm³/mol. The van der Waals surface area contributed by atoms with Crippen LogP contribution in [-0.2, 0) is 15.4 Å². The molecule has 0 spiro atoms. The van der Waals surface area contributed by atoms with E-state index >= 15 is 0 Å². The maximum absolute atomic E-state index is 12.4. The highest BCUT2D eigenvalue weighted by Crippen LogP contribution is 2.27. The standard InChI is InChI=1S/C18H25N3O3S2/c1-17(2,3)16-19-11-14(25-16)15(22)20-12-8-7-9-13(10-12)26(23,24)21-18(4,5)6/h7-11,21H,1-6H3,(H,20,22). The van der Waals surface area contributed by atoms with Crippen LogP contribution in [0.1, 0.15) is 56.2 Å². The van der Waals surface area contributed by atoms with E-state index in [9.17, 15) is 13.2 Å². The summed E-state index contributed by atoms with van der Waals surface area (Å²) in [5.74, 6) is -0.309. The van der Waals surface area contributed by atoms with Crippen molar-refractivity contribution in [1.29, 1.82) is 0 Å². The Morgan fingerprint density at radius 1 is 1.12 bits per heavy atom. The fraction of sp³-hybridized carbons (Fsp3) is 0.444. The molecule has 0 bridgehead atoms. The van der Waals surface area contributed by atoms with E-state index in [1.165, 1.54) is 23.5 Å². The first kappa shape index (κ1) is 20.5. The van der Waals surface area contributed by atoms with E-state index in [1.54, 1.807) is 39.1 Å². The summed E-state index contributed by atoms with van der Waals surface area (Å²) in [6, 6.07) is 6.19. The van der Waals surface area contributed by atoms with Gasteiger partial charge in [-0.1, -0.05) is 26.8 Å². The number of aromatic nitrogens is 1. The molecule has 0 atom stereocenters. The zero-order chi connectivity index (χ0) is 19.8. The van der Waals surface area contributed by atoms with Crippen molar-refractivity contribution in [2.24, 2.45) is 0 Å². The molecule has 2 rings (SSSR count). The molecule has 0 radical (unpaired) electrons. The average molecular weight is 396 g/mol. The summed E-state index contributed by atoms with van der Waals surface area (Å²) < 4.78 is 27.5. The maximum Gasteiger partial charge on any atom is 0.267 e. The molecular formula is C18H25N3O3S2. The molecule has 0 aliphatic carbocycles. The highest BCUT2D eigenvalue weighted by atomic mass is 32.2. The highest BCUT2D eigenvalue weighted by molar-refractivity contribution is 7.89. The van der Waals surface area contributed by atoms with Crippen LogP contribution in [0.4, 0.5) is 5.69 Å². The van der Waals surface area contributed by atoms with Crippen LogP contribution in [0.5, 0.6) is 0 Å². The van der Waals surface area contributed by atoms with Crippen LogP contribution in [0.15, 0.2) is 35.4 Å². The lowest BCUT2D eigenvalue weighted by Gasteiger charge is -2.20. The topological polar surface area (TPSA) is 88.2 Å². The first-order valence-corrected chi connectivity index (χ1v) is 10.5. The van der Waals surface area contributed by atoms with Gasteiger partial charge in [-0.25, -0.2) is 18.1 Å². The van der Waals surface area contributed by atoms with Crippen molar-refractivity contribution in [3.05, 3.63) is 40.3 Å². The lowest BCUT2D eigenvalue weighted by molar-refractivity contribution is 0.103. The molecule has 2 N–H and O–H groups in total. The van der Waals surface area contributed by atoms with Gasteiger partial charge in [0.25, 0.3) is 5.91 Å². The molecular weight excluding hydrogens is 370 g/mol. The van der Waals surface area contributed by atoms with Crippen molar-refractivity contribution in [3.63, 3.8) is 0 Å². The molecule has 0 fully saturated rings. The van der Waals surface area contributed by atoms with Crippen LogP contribution in [0.25, 0.3) is 0 Å². The van der Waals surface area contributed by atoms with Gasteiger partial charge in [0.1, 0.15) is 4.88 Å². The fourth-order valence-corrected chi connectivity index (χ4v) is 4.45. The molecule has 8 heteroatoms. The summed E-state index contributed by atoms with van der Waals surface area (Å²) in [6.07, 6.45) is 1.54. The first-order chi connectivity index (χ1) is 11.8. The van der Waals surface area contributed by atoms with Crippen LogP contribution >= 0.6 is 11.3 Å². The minimum absolute atomic E-state index is 0.102. The molecule has 1 aromatic carbocycles. The van der Waals surface area contributed by atoms with Crippen molar-refractivity contribution >= 4 is 33.0 Å². The Bertz CT molecular complexity index is 904. The molecule has 1 aromatic heterocycles. The summed E-state index contributed by atoms with van der Waals surface area (Å²) in [7, 11) is -3.67. The Labute approximate surface area is 159 Å². The number of hydrogen-bond donors (Lipinski definition) is 2. The van der Waals surface area contributed by atoms with Gasteiger partial charge < -0.3 is 5.32 Å². The molecule has 0 unspecified atom stereocenters. The summed E-state index contributed by atoms with van der Waals surface area (Å²) in [5, 5.41) is 3.61. The largest absolute Gasteiger partial charge is 0.321 e.